The number of aromatic nitrogens is 2. The van der Waals surface area contributed by atoms with Crippen LogP contribution in [0.3, 0.4) is 0 Å². The molecule has 96 valence electrons. The molecule has 0 saturated heterocycles. The van der Waals surface area contributed by atoms with E-state index in [-0.39, 0.29) is 5.76 Å². The van der Waals surface area contributed by atoms with Crippen LogP contribution in [-0.2, 0) is 6.54 Å². The molecule has 0 spiro atoms. The Labute approximate surface area is 109 Å². The summed E-state index contributed by atoms with van der Waals surface area (Å²) in [7, 11) is 0. The maximum Gasteiger partial charge on any atom is 0.371 e. The first-order chi connectivity index (χ1) is 9.11. The molecule has 19 heavy (non-hydrogen) atoms. The molecule has 5 nitrogen and oxygen atoms in total. The molecular weight excluding hydrogens is 244 g/mol. The molecule has 0 amide bonds. The van der Waals surface area contributed by atoms with Crippen molar-refractivity contribution in [3.63, 3.8) is 0 Å². The summed E-state index contributed by atoms with van der Waals surface area (Å²) in [5.41, 5.74) is 2.63. The fraction of sp³-hybridized carbons (Fsp3) is 0.143. The lowest BCUT2D eigenvalue weighted by molar-refractivity contribution is 0.0665. The molecule has 0 aliphatic heterocycles. The Morgan fingerprint density at radius 3 is 2.95 bits per heavy atom. The molecule has 2 heterocycles. The zero-order chi connectivity index (χ0) is 13.4. The molecule has 3 rings (SSSR count). The van der Waals surface area contributed by atoms with Gasteiger partial charge in [0.2, 0.25) is 5.76 Å². The first kappa shape index (κ1) is 11.5. The second-order valence-electron chi connectivity index (χ2n) is 4.48. The van der Waals surface area contributed by atoms with Gasteiger partial charge in [0.15, 0.2) is 0 Å². The van der Waals surface area contributed by atoms with Gasteiger partial charge in [-0.25, -0.2) is 9.78 Å². The Hall–Kier alpha value is -2.56. The van der Waals surface area contributed by atoms with Gasteiger partial charge in [-0.3, -0.25) is 0 Å². The van der Waals surface area contributed by atoms with Gasteiger partial charge in [-0.05, 0) is 30.7 Å². The number of fused-ring (bicyclic) bond motifs is 1. The van der Waals surface area contributed by atoms with Crippen molar-refractivity contribution in [3.05, 3.63) is 53.8 Å². The number of hydrogen-bond acceptors (Lipinski definition) is 3. The first-order valence-electron chi connectivity index (χ1n) is 5.86. The Kier molecular flexibility index (Phi) is 2.59. The summed E-state index contributed by atoms with van der Waals surface area (Å²) in [6.45, 7) is 2.64. The molecule has 0 saturated carbocycles. The number of imidazole rings is 1. The number of aryl methyl sites for hydroxylation is 1. The summed E-state index contributed by atoms with van der Waals surface area (Å²) >= 11 is 0. The highest BCUT2D eigenvalue weighted by Crippen LogP contribution is 2.21. The van der Waals surface area contributed by atoms with E-state index in [0.717, 1.165) is 16.6 Å². The van der Waals surface area contributed by atoms with Gasteiger partial charge < -0.3 is 14.1 Å². The van der Waals surface area contributed by atoms with Crippen LogP contribution in [0, 0.1) is 6.92 Å². The SMILES string of the molecule is Cc1cn(Cc2ccc3oc(C(=O)O)cc3c2)cn1. The standard InChI is InChI=1S/C14H12N2O3/c1-9-6-16(8-15-9)7-10-2-3-12-11(4-10)5-13(19-12)14(17)18/h2-6,8H,7H2,1H3,(H,17,18). The van der Waals surface area contributed by atoms with Crippen molar-refractivity contribution in [2.75, 3.05) is 0 Å². The third kappa shape index (κ3) is 2.22. The third-order valence-corrected chi connectivity index (χ3v) is 2.92. The highest BCUT2D eigenvalue weighted by molar-refractivity contribution is 5.91. The minimum atomic E-state index is -1.05. The zero-order valence-corrected chi connectivity index (χ0v) is 10.3. The van der Waals surface area contributed by atoms with Gasteiger partial charge in [-0.2, -0.15) is 0 Å². The molecule has 1 N–H and O–H groups in total. The smallest absolute Gasteiger partial charge is 0.371 e. The molecule has 0 radical (unpaired) electrons. The molecule has 0 unspecified atom stereocenters. The van der Waals surface area contributed by atoms with E-state index in [0.29, 0.717) is 12.1 Å². The molecule has 0 bridgehead atoms. The zero-order valence-electron chi connectivity index (χ0n) is 10.3. The van der Waals surface area contributed by atoms with Gasteiger partial charge >= 0.3 is 5.97 Å². The van der Waals surface area contributed by atoms with Gasteiger partial charge in [0.1, 0.15) is 5.58 Å². The number of nitrogens with zero attached hydrogens (tertiary/aromatic N) is 2. The Morgan fingerprint density at radius 2 is 2.26 bits per heavy atom. The van der Waals surface area contributed by atoms with Crippen molar-refractivity contribution in [3.8, 4) is 0 Å². The van der Waals surface area contributed by atoms with Gasteiger partial charge in [0.25, 0.3) is 0 Å². The summed E-state index contributed by atoms with van der Waals surface area (Å²) in [5.74, 6) is -1.09. The predicted molar refractivity (Wildman–Crippen MR) is 69.2 cm³/mol. The van der Waals surface area contributed by atoms with E-state index in [1.54, 1.807) is 18.5 Å². The molecular formula is C14H12N2O3. The van der Waals surface area contributed by atoms with Crippen LogP contribution in [0.4, 0.5) is 0 Å². The van der Waals surface area contributed by atoms with Crippen LogP contribution in [0.25, 0.3) is 11.0 Å². The number of carbonyl (C=O) groups is 1. The minimum Gasteiger partial charge on any atom is -0.475 e. The van der Waals surface area contributed by atoms with Crippen molar-refractivity contribution in [2.45, 2.75) is 13.5 Å². The van der Waals surface area contributed by atoms with Gasteiger partial charge in [0, 0.05) is 18.1 Å². The fourth-order valence-electron chi connectivity index (χ4n) is 2.07. The van der Waals surface area contributed by atoms with E-state index in [4.69, 9.17) is 9.52 Å². The Balaban J connectivity index is 1.94. The molecule has 0 aliphatic carbocycles. The molecule has 5 heteroatoms. The van der Waals surface area contributed by atoms with Crippen LogP contribution < -0.4 is 0 Å². The third-order valence-electron chi connectivity index (χ3n) is 2.92. The fourth-order valence-corrected chi connectivity index (χ4v) is 2.07. The van der Waals surface area contributed by atoms with Crippen LogP contribution in [0.2, 0.25) is 0 Å². The number of benzene rings is 1. The van der Waals surface area contributed by atoms with E-state index >= 15 is 0 Å². The lowest BCUT2D eigenvalue weighted by atomic mass is 10.1. The summed E-state index contributed by atoms with van der Waals surface area (Å²) in [4.78, 5) is 15.0. The van der Waals surface area contributed by atoms with Crippen LogP contribution in [0.15, 0.2) is 41.2 Å². The molecule has 3 aromatic rings. The molecule has 0 aliphatic rings. The molecule has 0 atom stereocenters. The van der Waals surface area contributed by atoms with Gasteiger partial charge in [0.05, 0.1) is 12.0 Å². The minimum absolute atomic E-state index is 0.0365. The summed E-state index contributed by atoms with van der Waals surface area (Å²) in [6, 6.07) is 7.19. The van der Waals surface area contributed by atoms with Gasteiger partial charge in [-0.15, -0.1) is 0 Å². The van der Waals surface area contributed by atoms with E-state index in [9.17, 15) is 4.79 Å². The topological polar surface area (TPSA) is 68.3 Å². The number of hydrogen-bond donors (Lipinski definition) is 1. The number of rotatable bonds is 3. The summed E-state index contributed by atoms with van der Waals surface area (Å²) in [5, 5.41) is 9.68. The van der Waals surface area contributed by atoms with Crippen molar-refractivity contribution >= 4 is 16.9 Å². The molecule has 1 aromatic carbocycles. The van der Waals surface area contributed by atoms with Crippen LogP contribution in [0.5, 0.6) is 0 Å². The van der Waals surface area contributed by atoms with Crippen LogP contribution in [0.1, 0.15) is 21.8 Å². The van der Waals surface area contributed by atoms with Crippen LogP contribution >= 0.6 is 0 Å². The second kappa shape index (κ2) is 4.28. The van der Waals surface area contributed by atoms with E-state index < -0.39 is 5.97 Å². The highest BCUT2D eigenvalue weighted by Gasteiger charge is 2.10. The normalized spacial score (nSPS) is 11.0. The maximum atomic E-state index is 10.8. The number of aromatic carboxylic acids is 1. The average molecular weight is 256 g/mol. The Morgan fingerprint density at radius 1 is 1.42 bits per heavy atom. The lowest BCUT2D eigenvalue weighted by Crippen LogP contribution is -1.95. The Bertz CT molecular complexity index is 755. The van der Waals surface area contributed by atoms with Crippen molar-refractivity contribution < 1.29 is 14.3 Å². The number of carboxylic acids is 1. The van der Waals surface area contributed by atoms with Crippen molar-refractivity contribution in [1.29, 1.82) is 0 Å². The summed E-state index contributed by atoms with van der Waals surface area (Å²) in [6.07, 6.45) is 3.74. The van der Waals surface area contributed by atoms with Gasteiger partial charge in [-0.1, -0.05) is 6.07 Å². The predicted octanol–water partition coefficient (Wildman–Crippen LogP) is 2.68. The van der Waals surface area contributed by atoms with Crippen molar-refractivity contribution in [1.82, 2.24) is 9.55 Å². The van der Waals surface area contributed by atoms with Crippen LogP contribution in [-0.4, -0.2) is 20.6 Å². The van der Waals surface area contributed by atoms with E-state index in [1.165, 1.54) is 0 Å². The first-order valence-corrected chi connectivity index (χ1v) is 5.86. The quantitative estimate of drug-likeness (QED) is 0.782. The maximum absolute atomic E-state index is 10.8. The summed E-state index contributed by atoms with van der Waals surface area (Å²) < 4.78 is 7.20. The van der Waals surface area contributed by atoms with Crippen molar-refractivity contribution in [2.24, 2.45) is 0 Å². The molecule has 2 aromatic heterocycles. The van der Waals surface area contributed by atoms with E-state index in [1.807, 2.05) is 29.8 Å². The number of carboxylic acid groups (broad SMARTS) is 1. The second-order valence-corrected chi connectivity index (χ2v) is 4.48. The lowest BCUT2D eigenvalue weighted by Gasteiger charge is -2.01. The average Bonchev–Trinajstić information content (AvgIpc) is 2.95. The number of furan rings is 1. The molecule has 0 fully saturated rings. The van der Waals surface area contributed by atoms with E-state index in [2.05, 4.69) is 4.98 Å². The largest absolute Gasteiger partial charge is 0.475 e. The highest BCUT2D eigenvalue weighted by atomic mass is 16.4. The monoisotopic (exact) mass is 256 g/mol.